The average molecular weight is 414 g/mol. The number of aliphatic hydroxyl groups is 1. The fourth-order valence-corrected chi connectivity index (χ4v) is 3.55. The van der Waals surface area contributed by atoms with Crippen LogP contribution in [0.1, 0.15) is 22.8 Å². The van der Waals surface area contributed by atoms with E-state index in [2.05, 4.69) is 4.98 Å². The van der Waals surface area contributed by atoms with Crippen LogP contribution < -0.4 is 0 Å². The van der Waals surface area contributed by atoms with Gasteiger partial charge in [-0.05, 0) is 34.9 Å². The molecule has 1 aromatic heterocycles. The molecule has 0 saturated carbocycles. The summed E-state index contributed by atoms with van der Waals surface area (Å²) in [5.41, 5.74) is 1.25. The molecule has 0 amide bonds. The molecule has 1 atom stereocenters. The van der Waals surface area contributed by atoms with Crippen molar-refractivity contribution in [2.45, 2.75) is 12.3 Å². The highest BCUT2D eigenvalue weighted by Crippen LogP contribution is 2.40. The Hall–Kier alpha value is -2.89. The van der Waals surface area contributed by atoms with Gasteiger partial charge in [0, 0.05) is 22.2 Å². The van der Waals surface area contributed by atoms with Gasteiger partial charge in [-0.25, -0.2) is 0 Å². The van der Waals surface area contributed by atoms with Crippen LogP contribution in [0.4, 0.5) is 13.2 Å². The van der Waals surface area contributed by atoms with E-state index in [1.807, 2.05) is 6.07 Å². The second-order valence-corrected chi connectivity index (χ2v) is 7.04. The standard InChI is InChI=1S/C23H15ClF3NO/c24-16-11-9-15(10-12-16)22(29)18-13-28-21-17(7-4-8-19(21)23(25,26)27)20(18)14-5-2-1-3-6-14/h1-13,22,29H. The van der Waals surface area contributed by atoms with Gasteiger partial charge in [-0.2, -0.15) is 13.2 Å². The summed E-state index contributed by atoms with van der Waals surface area (Å²) in [6.07, 6.45) is -4.29. The molecule has 0 aliphatic rings. The molecule has 0 fully saturated rings. The van der Waals surface area contributed by atoms with Gasteiger partial charge in [0.15, 0.2) is 0 Å². The molecule has 3 aromatic carbocycles. The van der Waals surface area contributed by atoms with E-state index >= 15 is 0 Å². The smallest absolute Gasteiger partial charge is 0.384 e. The fourth-order valence-electron chi connectivity index (χ4n) is 3.43. The van der Waals surface area contributed by atoms with E-state index in [1.165, 1.54) is 12.3 Å². The minimum absolute atomic E-state index is 0.147. The van der Waals surface area contributed by atoms with Crippen LogP contribution in [0, 0.1) is 0 Å². The van der Waals surface area contributed by atoms with Gasteiger partial charge < -0.3 is 5.11 Å². The summed E-state index contributed by atoms with van der Waals surface area (Å²) in [6, 6.07) is 19.6. The number of alkyl halides is 3. The predicted octanol–water partition coefficient (Wildman–Crippen LogP) is 6.66. The number of benzene rings is 3. The lowest BCUT2D eigenvalue weighted by Crippen LogP contribution is -2.09. The highest BCUT2D eigenvalue weighted by Gasteiger charge is 2.34. The Balaban J connectivity index is 2.01. The first-order valence-electron chi connectivity index (χ1n) is 8.84. The third-order valence-electron chi connectivity index (χ3n) is 4.77. The Labute approximate surface area is 170 Å². The second kappa shape index (κ2) is 7.50. The molecule has 0 aliphatic heterocycles. The van der Waals surface area contributed by atoms with Gasteiger partial charge in [0.1, 0.15) is 6.10 Å². The maximum Gasteiger partial charge on any atom is 0.418 e. The molecule has 29 heavy (non-hydrogen) atoms. The Morgan fingerprint density at radius 2 is 1.55 bits per heavy atom. The molecule has 1 unspecified atom stereocenters. The van der Waals surface area contributed by atoms with E-state index in [1.54, 1.807) is 54.6 Å². The summed E-state index contributed by atoms with van der Waals surface area (Å²) in [6.45, 7) is 0. The van der Waals surface area contributed by atoms with Crippen LogP contribution in [-0.2, 0) is 6.18 Å². The molecule has 0 bridgehead atoms. The lowest BCUT2D eigenvalue weighted by molar-refractivity contribution is -0.136. The Morgan fingerprint density at radius 1 is 0.862 bits per heavy atom. The number of hydrogen-bond donors (Lipinski definition) is 1. The number of aliphatic hydroxyl groups excluding tert-OH is 1. The largest absolute Gasteiger partial charge is 0.418 e. The minimum atomic E-state index is -4.53. The minimum Gasteiger partial charge on any atom is -0.384 e. The maximum absolute atomic E-state index is 13.5. The summed E-state index contributed by atoms with van der Waals surface area (Å²) >= 11 is 5.93. The molecule has 6 heteroatoms. The van der Waals surface area contributed by atoms with E-state index in [0.717, 1.165) is 6.07 Å². The summed E-state index contributed by atoms with van der Waals surface area (Å²) in [7, 11) is 0. The third-order valence-corrected chi connectivity index (χ3v) is 5.03. The third kappa shape index (κ3) is 3.71. The van der Waals surface area contributed by atoms with Crippen LogP contribution in [0.25, 0.3) is 22.0 Å². The average Bonchev–Trinajstić information content (AvgIpc) is 2.72. The van der Waals surface area contributed by atoms with Gasteiger partial charge in [0.2, 0.25) is 0 Å². The Kier molecular flexibility index (Phi) is 5.03. The zero-order valence-electron chi connectivity index (χ0n) is 15.0. The van der Waals surface area contributed by atoms with Crippen molar-refractivity contribution < 1.29 is 18.3 Å². The summed E-state index contributed by atoms with van der Waals surface area (Å²) in [4.78, 5) is 4.09. The van der Waals surface area contributed by atoms with E-state index in [0.29, 0.717) is 32.7 Å². The molecule has 2 nitrogen and oxygen atoms in total. The monoisotopic (exact) mass is 413 g/mol. The lowest BCUT2D eigenvalue weighted by atomic mass is 9.90. The fraction of sp³-hybridized carbons (Fsp3) is 0.0870. The first-order chi connectivity index (χ1) is 13.9. The van der Waals surface area contributed by atoms with Gasteiger partial charge >= 0.3 is 6.18 Å². The number of aromatic nitrogens is 1. The molecule has 0 aliphatic carbocycles. The van der Waals surface area contributed by atoms with Gasteiger partial charge in [0.05, 0.1) is 11.1 Å². The summed E-state index contributed by atoms with van der Waals surface area (Å²) < 4.78 is 40.5. The van der Waals surface area contributed by atoms with Crippen molar-refractivity contribution in [1.29, 1.82) is 0 Å². The maximum atomic E-state index is 13.5. The molecule has 0 saturated heterocycles. The van der Waals surface area contributed by atoms with E-state index in [9.17, 15) is 18.3 Å². The zero-order valence-corrected chi connectivity index (χ0v) is 15.7. The van der Waals surface area contributed by atoms with Crippen molar-refractivity contribution in [3.8, 4) is 11.1 Å². The van der Waals surface area contributed by atoms with Crippen LogP contribution in [0.3, 0.4) is 0 Å². The van der Waals surface area contributed by atoms with Crippen LogP contribution in [0.15, 0.2) is 79.0 Å². The molecule has 4 aromatic rings. The topological polar surface area (TPSA) is 33.1 Å². The number of halogens is 4. The van der Waals surface area contributed by atoms with Crippen molar-refractivity contribution in [3.63, 3.8) is 0 Å². The van der Waals surface area contributed by atoms with Crippen LogP contribution >= 0.6 is 11.6 Å². The Morgan fingerprint density at radius 3 is 2.21 bits per heavy atom. The summed E-state index contributed by atoms with van der Waals surface area (Å²) in [5.74, 6) is 0. The number of nitrogens with zero attached hydrogens (tertiary/aromatic N) is 1. The lowest BCUT2D eigenvalue weighted by Gasteiger charge is -2.19. The van der Waals surface area contributed by atoms with Crippen molar-refractivity contribution >= 4 is 22.5 Å². The van der Waals surface area contributed by atoms with E-state index in [-0.39, 0.29) is 5.52 Å². The van der Waals surface area contributed by atoms with Gasteiger partial charge in [-0.15, -0.1) is 0 Å². The quantitative estimate of drug-likeness (QED) is 0.407. The Bertz CT molecular complexity index is 1160. The SMILES string of the molecule is OC(c1ccc(Cl)cc1)c1cnc2c(C(F)(F)F)cccc2c1-c1ccccc1. The number of pyridine rings is 1. The van der Waals surface area contributed by atoms with E-state index < -0.39 is 17.8 Å². The highest BCUT2D eigenvalue weighted by molar-refractivity contribution is 6.30. The van der Waals surface area contributed by atoms with Gasteiger partial charge in [-0.3, -0.25) is 4.98 Å². The van der Waals surface area contributed by atoms with Crippen molar-refractivity contribution in [3.05, 3.63) is 101 Å². The van der Waals surface area contributed by atoms with Gasteiger partial charge in [0.25, 0.3) is 0 Å². The summed E-state index contributed by atoms with van der Waals surface area (Å²) in [5, 5.41) is 11.9. The van der Waals surface area contributed by atoms with Crippen molar-refractivity contribution in [2.75, 3.05) is 0 Å². The number of rotatable bonds is 3. The molecule has 0 spiro atoms. The van der Waals surface area contributed by atoms with Crippen molar-refractivity contribution in [2.24, 2.45) is 0 Å². The molecule has 146 valence electrons. The van der Waals surface area contributed by atoms with Crippen LogP contribution in [-0.4, -0.2) is 10.1 Å². The van der Waals surface area contributed by atoms with Gasteiger partial charge in [-0.1, -0.05) is 66.2 Å². The number of para-hydroxylation sites is 1. The second-order valence-electron chi connectivity index (χ2n) is 6.61. The molecular formula is C23H15ClF3NO. The normalized spacial score (nSPS) is 12.9. The number of hydrogen-bond acceptors (Lipinski definition) is 2. The zero-order chi connectivity index (χ0) is 20.6. The van der Waals surface area contributed by atoms with Crippen LogP contribution in [0.2, 0.25) is 5.02 Å². The number of fused-ring (bicyclic) bond motifs is 1. The first kappa shape index (κ1) is 19.4. The highest BCUT2D eigenvalue weighted by atomic mass is 35.5. The molecule has 0 radical (unpaired) electrons. The van der Waals surface area contributed by atoms with E-state index in [4.69, 9.17) is 11.6 Å². The van der Waals surface area contributed by atoms with Crippen LogP contribution in [0.5, 0.6) is 0 Å². The molecular weight excluding hydrogens is 399 g/mol. The van der Waals surface area contributed by atoms with Crippen molar-refractivity contribution in [1.82, 2.24) is 4.98 Å². The first-order valence-corrected chi connectivity index (χ1v) is 9.22. The molecule has 1 N–H and O–H groups in total. The predicted molar refractivity (Wildman–Crippen MR) is 108 cm³/mol. The molecule has 4 rings (SSSR count). The molecule has 1 heterocycles.